The Hall–Kier alpha value is -0.0400. The molecule has 1 atom stereocenters. The summed E-state index contributed by atoms with van der Waals surface area (Å²) in [5, 5.41) is 0. The molecule has 62 valence electrons. The molecule has 0 bridgehead atoms. The van der Waals surface area contributed by atoms with Crippen LogP contribution in [0.15, 0.2) is 0 Å². The molecule has 0 radical (unpaired) electrons. The molecule has 0 aromatic rings. The highest BCUT2D eigenvalue weighted by Gasteiger charge is 2.07. The highest BCUT2D eigenvalue weighted by atomic mass is 16.5. The quantitative estimate of drug-likeness (QED) is 0.550. The summed E-state index contributed by atoms with van der Waals surface area (Å²) in [6.45, 7) is 8.55. The minimum Gasteiger partial charge on any atom is -0.381 e. The van der Waals surface area contributed by atoms with Crippen molar-refractivity contribution in [3.8, 4) is 0 Å². The second-order valence-electron chi connectivity index (χ2n) is 2.97. The Morgan fingerprint density at radius 1 is 1.30 bits per heavy atom. The summed E-state index contributed by atoms with van der Waals surface area (Å²) < 4.78 is 5.06. The van der Waals surface area contributed by atoms with E-state index in [-0.39, 0.29) is 0 Å². The minimum atomic E-state index is 0.824. The van der Waals surface area contributed by atoms with E-state index in [1.807, 2.05) is 0 Å². The van der Waals surface area contributed by atoms with E-state index < -0.39 is 0 Å². The average Bonchev–Trinajstić information content (AvgIpc) is 2.40. The molecule has 1 rings (SSSR count). The van der Waals surface area contributed by atoms with Crippen LogP contribution in [0.4, 0.5) is 0 Å². The summed E-state index contributed by atoms with van der Waals surface area (Å²) >= 11 is 0. The molecule has 1 unspecified atom stereocenters. The Bertz CT molecular complexity index is 53.7. The van der Waals surface area contributed by atoms with E-state index in [0.717, 1.165) is 19.1 Å². The van der Waals surface area contributed by atoms with Crippen LogP contribution in [0.25, 0.3) is 0 Å². The van der Waals surface area contributed by atoms with Gasteiger partial charge in [0.05, 0.1) is 0 Å². The first-order chi connectivity index (χ1) is 4.81. The van der Waals surface area contributed by atoms with E-state index in [9.17, 15) is 0 Å². The van der Waals surface area contributed by atoms with Crippen LogP contribution in [0, 0.1) is 5.92 Å². The van der Waals surface area contributed by atoms with Gasteiger partial charge in [0.2, 0.25) is 0 Å². The van der Waals surface area contributed by atoms with Crippen molar-refractivity contribution in [1.82, 2.24) is 0 Å². The number of rotatable bonds is 1. The number of hydrogen-bond donors (Lipinski definition) is 0. The Morgan fingerprint density at radius 3 is 2.00 bits per heavy atom. The van der Waals surface area contributed by atoms with Crippen LogP contribution in [0.1, 0.15) is 40.0 Å². The Labute approximate surface area is 64.8 Å². The van der Waals surface area contributed by atoms with E-state index >= 15 is 0 Å². The first-order valence-corrected chi connectivity index (χ1v) is 4.39. The van der Waals surface area contributed by atoms with Gasteiger partial charge in [-0.1, -0.05) is 33.6 Å². The van der Waals surface area contributed by atoms with Crippen LogP contribution in [-0.4, -0.2) is 13.2 Å². The molecule has 1 fully saturated rings. The molecule has 1 heteroatoms. The molecule has 0 aromatic heterocycles. The third-order valence-corrected chi connectivity index (χ3v) is 1.66. The van der Waals surface area contributed by atoms with Crippen molar-refractivity contribution < 1.29 is 4.74 Å². The second kappa shape index (κ2) is 7.07. The van der Waals surface area contributed by atoms with Gasteiger partial charge in [-0.15, -0.1) is 0 Å². The molecule has 1 nitrogen and oxygen atoms in total. The van der Waals surface area contributed by atoms with Crippen LogP contribution >= 0.6 is 0 Å². The molecule has 0 spiro atoms. The van der Waals surface area contributed by atoms with Crippen LogP contribution < -0.4 is 0 Å². The Kier molecular flexibility index (Phi) is 7.04. The summed E-state index contributed by atoms with van der Waals surface area (Å²) in [5.74, 6) is 0.824. The van der Waals surface area contributed by atoms with Gasteiger partial charge >= 0.3 is 0 Å². The monoisotopic (exact) mass is 144 g/mol. The zero-order valence-electron chi connectivity index (χ0n) is 7.52. The molecule has 1 saturated heterocycles. The van der Waals surface area contributed by atoms with Gasteiger partial charge in [0.15, 0.2) is 0 Å². The van der Waals surface area contributed by atoms with Crippen LogP contribution in [0.3, 0.4) is 0 Å². The van der Waals surface area contributed by atoms with Crippen molar-refractivity contribution in [2.24, 2.45) is 5.92 Å². The maximum atomic E-state index is 5.06. The van der Waals surface area contributed by atoms with Gasteiger partial charge < -0.3 is 4.74 Å². The largest absolute Gasteiger partial charge is 0.381 e. The molecule has 0 aliphatic carbocycles. The predicted molar refractivity (Wildman–Crippen MR) is 45.2 cm³/mol. The highest BCUT2D eigenvalue weighted by molar-refractivity contribution is 4.55. The Morgan fingerprint density at radius 2 is 1.90 bits per heavy atom. The standard InChI is InChI=1S/C5H10O.C4H10/c1-5-2-3-6-4-5;1-3-4-2/h5H,2-4H2,1H3;3-4H2,1-2H3. The van der Waals surface area contributed by atoms with E-state index in [4.69, 9.17) is 4.74 Å². The molecule has 0 aromatic carbocycles. The van der Waals surface area contributed by atoms with Gasteiger partial charge in [-0.2, -0.15) is 0 Å². The fraction of sp³-hybridized carbons (Fsp3) is 1.00. The van der Waals surface area contributed by atoms with E-state index in [1.165, 1.54) is 19.3 Å². The first-order valence-electron chi connectivity index (χ1n) is 4.39. The lowest BCUT2D eigenvalue weighted by atomic mass is 10.2. The number of unbranched alkanes of at least 4 members (excludes halogenated alkanes) is 1. The smallest absolute Gasteiger partial charge is 0.0492 e. The van der Waals surface area contributed by atoms with Crippen molar-refractivity contribution in [3.05, 3.63) is 0 Å². The van der Waals surface area contributed by atoms with E-state index in [2.05, 4.69) is 20.8 Å². The molecule has 0 saturated carbocycles. The molecule has 1 aliphatic heterocycles. The lowest BCUT2D eigenvalue weighted by molar-refractivity contribution is 0.188. The van der Waals surface area contributed by atoms with Gasteiger partial charge in [-0.3, -0.25) is 0 Å². The second-order valence-corrected chi connectivity index (χ2v) is 2.97. The summed E-state index contributed by atoms with van der Waals surface area (Å²) in [6.07, 6.45) is 3.90. The normalized spacial score (nSPS) is 23.7. The van der Waals surface area contributed by atoms with Gasteiger partial charge in [-0.05, 0) is 12.3 Å². The lowest BCUT2D eigenvalue weighted by Crippen LogP contribution is -1.88. The zero-order valence-corrected chi connectivity index (χ0v) is 7.52. The van der Waals surface area contributed by atoms with Crippen LogP contribution in [-0.2, 0) is 4.74 Å². The molecule has 0 amide bonds. The summed E-state index contributed by atoms with van der Waals surface area (Å²) in [7, 11) is 0. The van der Waals surface area contributed by atoms with E-state index in [0.29, 0.717) is 0 Å². The van der Waals surface area contributed by atoms with E-state index in [1.54, 1.807) is 0 Å². The molecular formula is C9H20O. The average molecular weight is 144 g/mol. The van der Waals surface area contributed by atoms with Crippen molar-refractivity contribution in [2.45, 2.75) is 40.0 Å². The fourth-order valence-corrected chi connectivity index (χ4v) is 0.652. The fourth-order valence-electron chi connectivity index (χ4n) is 0.652. The van der Waals surface area contributed by atoms with Crippen molar-refractivity contribution in [3.63, 3.8) is 0 Å². The van der Waals surface area contributed by atoms with Crippen LogP contribution in [0.2, 0.25) is 0 Å². The van der Waals surface area contributed by atoms with Crippen LogP contribution in [0.5, 0.6) is 0 Å². The molecule has 1 aliphatic rings. The van der Waals surface area contributed by atoms with Gasteiger partial charge in [-0.25, -0.2) is 0 Å². The molecule has 1 heterocycles. The summed E-state index contributed by atoms with van der Waals surface area (Å²) in [4.78, 5) is 0. The highest BCUT2D eigenvalue weighted by Crippen LogP contribution is 2.09. The first kappa shape index (κ1) is 9.96. The summed E-state index contributed by atoms with van der Waals surface area (Å²) in [6, 6.07) is 0. The van der Waals surface area contributed by atoms with Gasteiger partial charge in [0.1, 0.15) is 0 Å². The SMILES string of the molecule is CC1CCOC1.CCCC. The maximum absolute atomic E-state index is 5.06. The molecule has 10 heavy (non-hydrogen) atoms. The topological polar surface area (TPSA) is 9.23 Å². The number of hydrogen-bond acceptors (Lipinski definition) is 1. The predicted octanol–water partition coefficient (Wildman–Crippen LogP) is 2.85. The summed E-state index contributed by atoms with van der Waals surface area (Å²) in [5.41, 5.74) is 0. The van der Waals surface area contributed by atoms with Crippen molar-refractivity contribution >= 4 is 0 Å². The zero-order chi connectivity index (χ0) is 7.82. The third kappa shape index (κ3) is 6.09. The van der Waals surface area contributed by atoms with Crippen molar-refractivity contribution in [1.29, 1.82) is 0 Å². The maximum Gasteiger partial charge on any atom is 0.0492 e. The minimum absolute atomic E-state index is 0.824. The lowest BCUT2D eigenvalue weighted by Gasteiger charge is -1.89. The van der Waals surface area contributed by atoms with Gasteiger partial charge in [0, 0.05) is 13.2 Å². The molecule has 0 N–H and O–H groups in total. The van der Waals surface area contributed by atoms with Crippen molar-refractivity contribution in [2.75, 3.05) is 13.2 Å². The third-order valence-electron chi connectivity index (χ3n) is 1.66. The number of ether oxygens (including phenoxy) is 1. The Balaban J connectivity index is 0.000000180. The molecular weight excluding hydrogens is 124 g/mol. The van der Waals surface area contributed by atoms with Gasteiger partial charge in [0.25, 0.3) is 0 Å².